The number of rotatable bonds is 6. The summed E-state index contributed by atoms with van der Waals surface area (Å²) in [6.07, 6.45) is 4.78. The number of hydrogen-bond acceptors (Lipinski definition) is 3. The molecular formula is C17H26N2O2. The van der Waals surface area contributed by atoms with Gasteiger partial charge in [-0.1, -0.05) is 31.9 Å². The van der Waals surface area contributed by atoms with Gasteiger partial charge in [-0.15, -0.1) is 0 Å². The highest BCUT2D eigenvalue weighted by molar-refractivity contribution is 5.99. The first-order valence-corrected chi connectivity index (χ1v) is 8.02. The maximum absolute atomic E-state index is 12.6. The Hall–Kier alpha value is -1.55. The lowest BCUT2D eigenvalue weighted by molar-refractivity contribution is 0.0474. The summed E-state index contributed by atoms with van der Waals surface area (Å²) in [6, 6.07) is 7.67. The highest BCUT2D eigenvalue weighted by Gasteiger charge is 2.24. The second kappa shape index (κ2) is 8.03. The molecule has 116 valence electrons. The molecule has 1 unspecified atom stereocenters. The molecule has 1 aromatic rings. The fraction of sp³-hybridized carbons (Fsp3) is 0.588. The van der Waals surface area contributed by atoms with Gasteiger partial charge in [0.1, 0.15) is 0 Å². The Bertz CT molecular complexity index is 462. The van der Waals surface area contributed by atoms with Crippen LogP contribution in [0.2, 0.25) is 0 Å². The number of aliphatic hydroxyl groups is 1. The largest absolute Gasteiger partial charge is 0.391 e. The molecular weight excluding hydrogens is 264 g/mol. The summed E-state index contributed by atoms with van der Waals surface area (Å²) < 4.78 is 0. The number of benzene rings is 1. The van der Waals surface area contributed by atoms with Crippen LogP contribution >= 0.6 is 0 Å². The SMILES string of the molecule is CCCCCNc1ccccc1C(=O)N1CCCC(O)C1. The molecule has 0 spiro atoms. The molecule has 0 aliphatic carbocycles. The van der Waals surface area contributed by atoms with E-state index in [0.717, 1.165) is 38.0 Å². The molecule has 1 amide bonds. The number of β-amino-alcohol motifs (C(OH)–C–C–N with tert-alkyl or cyclic N) is 1. The van der Waals surface area contributed by atoms with Crippen LogP contribution in [0.15, 0.2) is 24.3 Å². The van der Waals surface area contributed by atoms with Crippen LogP contribution in [-0.4, -0.2) is 41.7 Å². The van der Waals surface area contributed by atoms with E-state index in [9.17, 15) is 9.90 Å². The van der Waals surface area contributed by atoms with Gasteiger partial charge in [0.15, 0.2) is 0 Å². The van der Waals surface area contributed by atoms with Gasteiger partial charge in [-0.2, -0.15) is 0 Å². The van der Waals surface area contributed by atoms with Crippen molar-refractivity contribution in [2.24, 2.45) is 0 Å². The summed E-state index contributed by atoms with van der Waals surface area (Å²) in [4.78, 5) is 14.4. The average molecular weight is 290 g/mol. The number of likely N-dealkylation sites (tertiary alicyclic amines) is 1. The number of nitrogens with zero attached hydrogens (tertiary/aromatic N) is 1. The van der Waals surface area contributed by atoms with Crippen molar-refractivity contribution in [1.29, 1.82) is 0 Å². The Balaban J connectivity index is 2.02. The van der Waals surface area contributed by atoms with Crippen LogP contribution in [0.5, 0.6) is 0 Å². The van der Waals surface area contributed by atoms with Crippen LogP contribution in [0, 0.1) is 0 Å². The molecule has 0 aromatic heterocycles. The van der Waals surface area contributed by atoms with Crippen molar-refractivity contribution in [3.8, 4) is 0 Å². The number of hydrogen-bond donors (Lipinski definition) is 2. The molecule has 1 fully saturated rings. The normalized spacial score (nSPS) is 18.6. The number of aliphatic hydroxyl groups excluding tert-OH is 1. The molecule has 4 heteroatoms. The Kier molecular flexibility index (Phi) is 6.05. The molecule has 1 heterocycles. The van der Waals surface area contributed by atoms with E-state index in [1.807, 2.05) is 24.3 Å². The monoisotopic (exact) mass is 290 g/mol. The van der Waals surface area contributed by atoms with Gasteiger partial charge in [-0.05, 0) is 31.4 Å². The van der Waals surface area contributed by atoms with E-state index in [1.54, 1.807) is 4.90 Å². The minimum Gasteiger partial charge on any atom is -0.391 e. The van der Waals surface area contributed by atoms with Gasteiger partial charge in [-0.3, -0.25) is 4.79 Å². The zero-order valence-electron chi connectivity index (χ0n) is 12.8. The third kappa shape index (κ3) is 4.46. The number of anilines is 1. The number of carbonyl (C=O) groups is 1. The Morgan fingerprint density at radius 2 is 2.19 bits per heavy atom. The molecule has 1 aliphatic rings. The lowest BCUT2D eigenvalue weighted by Gasteiger charge is -2.30. The van der Waals surface area contributed by atoms with Gasteiger partial charge in [0.05, 0.1) is 11.7 Å². The predicted molar refractivity (Wildman–Crippen MR) is 85.6 cm³/mol. The van der Waals surface area contributed by atoms with E-state index < -0.39 is 0 Å². The Morgan fingerprint density at radius 1 is 1.38 bits per heavy atom. The lowest BCUT2D eigenvalue weighted by atomic mass is 10.1. The highest BCUT2D eigenvalue weighted by atomic mass is 16.3. The second-order valence-corrected chi connectivity index (χ2v) is 5.73. The van der Waals surface area contributed by atoms with E-state index in [1.165, 1.54) is 12.8 Å². The predicted octanol–water partition coefficient (Wildman–Crippen LogP) is 2.89. The number of para-hydroxylation sites is 1. The maximum atomic E-state index is 12.6. The lowest BCUT2D eigenvalue weighted by Crippen LogP contribution is -2.42. The molecule has 1 saturated heterocycles. The van der Waals surface area contributed by atoms with Gasteiger partial charge < -0.3 is 15.3 Å². The van der Waals surface area contributed by atoms with Crippen LogP contribution in [0.25, 0.3) is 0 Å². The number of nitrogens with one attached hydrogen (secondary N) is 1. The first-order chi connectivity index (χ1) is 10.2. The second-order valence-electron chi connectivity index (χ2n) is 5.73. The number of amides is 1. The van der Waals surface area contributed by atoms with Crippen molar-refractivity contribution >= 4 is 11.6 Å². The van der Waals surface area contributed by atoms with Crippen LogP contribution in [0.1, 0.15) is 49.4 Å². The van der Waals surface area contributed by atoms with Gasteiger partial charge in [0, 0.05) is 25.3 Å². The first kappa shape index (κ1) is 15.8. The van der Waals surface area contributed by atoms with Gasteiger partial charge in [0.2, 0.25) is 0 Å². The molecule has 0 radical (unpaired) electrons. The smallest absolute Gasteiger partial charge is 0.256 e. The zero-order valence-corrected chi connectivity index (χ0v) is 12.8. The van der Waals surface area contributed by atoms with Crippen molar-refractivity contribution < 1.29 is 9.90 Å². The van der Waals surface area contributed by atoms with Gasteiger partial charge in [-0.25, -0.2) is 0 Å². The van der Waals surface area contributed by atoms with E-state index >= 15 is 0 Å². The molecule has 1 aliphatic heterocycles. The van der Waals surface area contributed by atoms with Crippen LogP contribution < -0.4 is 5.32 Å². The van der Waals surface area contributed by atoms with E-state index in [-0.39, 0.29) is 12.0 Å². The van der Waals surface area contributed by atoms with Crippen molar-refractivity contribution in [2.45, 2.75) is 45.1 Å². The summed E-state index contributed by atoms with van der Waals surface area (Å²) in [5, 5.41) is 13.1. The van der Waals surface area contributed by atoms with Crippen molar-refractivity contribution in [3.63, 3.8) is 0 Å². The van der Waals surface area contributed by atoms with Gasteiger partial charge >= 0.3 is 0 Å². The summed E-state index contributed by atoms with van der Waals surface area (Å²) in [6.45, 7) is 4.25. The summed E-state index contributed by atoms with van der Waals surface area (Å²) in [5.41, 5.74) is 1.61. The molecule has 4 nitrogen and oxygen atoms in total. The Morgan fingerprint density at radius 3 is 2.95 bits per heavy atom. The number of unbranched alkanes of at least 4 members (excludes halogenated alkanes) is 2. The number of carbonyl (C=O) groups excluding carboxylic acids is 1. The maximum Gasteiger partial charge on any atom is 0.256 e. The van der Waals surface area contributed by atoms with Crippen LogP contribution in [0.4, 0.5) is 5.69 Å². The van der Waals surface area contributed by atoms with E-state index in [2.05, 4.69) is 12.2 Å². The standard InChI is InChI=1S/C17H26N2O2/c1-2-3-6-11-18-16-10-5-4-9-15(16)17(21)19-12-7-8-14(20)13-19/h4-5,9-10,14,18,20H,2-3,6-8,11-13H2,1H3. The molecule has 1 aromatic carbocycles. The topological polar surface area (TPSA) is 52.6 Å². The molecule has 0 saturated carbocycles. The molecule has 2 rings (SSSR count). The van der Waals surface area contributed by atoms with E-state index in [4.69, 9.17) is 0 Å². The molecule has 2 N–H and O–H groups in total. The third-order valence-electron chi connectivity index (χ3n) is 3.94. The quantitative estimate of drug-likeness (QED) is 0.792. The fourth-order valence-corrected chi connectivity index (χ4v) is 2.73. The third-order valence-corrected chi connectivity index (χ3v) is 3.94. The summed E-state index contributed by atoms with van der Waals surface area (Å²) in [7, 11) is 0. The van der Waals surface area contributed by atoms with Crippen molar-refractivity contribution in [3.05, 3.63) is 29.8 Å². The zero-order chi connectivity index (χ0) is 15.1. The average Bonchev–Trinajstić information content (AvgIpc) is 2.51. The van der Waals surface area contributed by atoms with Crippen LogP contribution in [-0.2, 0) is 0 Å². The molecule has 1 atom stereocenters. The van der Waals surface area contributed by atoms with Crippen LogP contribution in [0.3, 0.4) is 0 Å². The highest BCUT2D eigenvalue weighted by Crippen LogP contribution is 2.20. The Labute approximate surface area is 127 Å². The number of piperidine rings is 1. The molecule has 21 heavy (non-hydrogen) atoms. The van der Waals surface area contributed by atoms with Crippen molar-refractivity contribution in [2.75, 3.05) is 25.0 Å². The molecule has 0 bridgehead atoms. The minimum atomic E-state index is -0.382. The minimum absolute atomic E-state index is 0.0207. The fourth-order valence-electron chi connectivity index (χ4n) is 2.73. The van der Waals surface area contributed by atoms with E-state index in [0.29, 0.717) is 12.1 Å². The van der Waals surface area contributed by atoms with Gasteiger partial charge in [0.25, 0.3) is 5.91 Å². The van der Waals surface area contributed by atoms with Crippen molar-refractivity contribution in [1.82, 2.24) is 4.90 Å². The summed E-state index contributed by atoms with van der Waals surface area (Å²) >= 11 is 0. The summed E-state index contributed by atoms with van der Waals surface area (Å²) in [5.74, 6) is 0.0207. The first-order valence-electron chi connectivity index (χ1n) is 8.02.